The molecule has 0 aliphatic carbocycles. The summed E-state index contributed by atoms with van der Waals surface area (Å²) in [5, 5.41) is 8.96. The van der Waals surface area contributed by atoms with E-state index in [-0.39, 0.29) is 6.17 Å². The molecule has 2 aliphatic heterocycles. The van der Waals surface area contributed by atoms with Crippen LogP contribution in [0.1, 0.15) is 11.7 Å². The Morgan fingerprint density at radius 3 is 1.98 bits per heavy atom. The van der Waals surface area contributed by atoms with E-state index >= 15 is 0 Å². The van der Waals surface area contributed by atoms with Crippen molar-refractivity contribution in [2.75, 3.05) is 10.2 Å². The number of fused-ring (bicyclic) bond motifs is 11. The highest BCUT2D eigenvalue weighted by atomic mass is 15.3. The monoisotopic (exact) mass is 522 g/mol. The minimum absolute atomic E-state index is 0.0477. The van der Waals surface area contributed by atoms with E-state index in [0.29, 0.717) is 0 Å². The summed E-state index contributed by atoms with van der Waals surface area (Å²) in [4.78, 5) is 2.47. The van der Waals surface area contributed by atoms with Gasteiger partial charge in [0.05, 0.1) is 17.1 Å². The Morgan fingerprint density at radius 2 is 1.10 bits per heavy atom. The molecule has 0 radical (unpaired) electrons. The van der Waals surface area contributed by atoms with E-state index in [1.165, 1.54) is 77.6 Å². The number of nitrogens with one attached hydrogen (secondary N) is 1. The Bertz CT molecular complexity index is 2140. The first-order valence-electron chi connectivity index (χ1n) is 14.2. The Kier molecular flexibility index (Phi) is 4.70. The molecule has 7 aromatic carbocycles. The predicted octanol–water partition coefficient (Wildman–Crippen LogP) is 10.6. The fraction of sp³-hybridized carbons (Fsp3) is 0.0256. The average molecular weight is 523 g/mol. The zero-order chi connectivity index (χ0) is 26.9. The van der Waals surface area contributed by atoms with Crippen molar-refractivity contribution in [2.24, 2.45) is 0 Å². The summed E-state index contributed by atoms with van der Waals surface area (Å²) in [5.41, 5.74) is 12.5. The third-order valence-electron chi connectivity index (χ3n) is 8.81. The first kappa shape index (κ1) is 22.5. The van der Waals surface area contributed by atoms with Gasteiger partial charge in [0.15, 0.2) is 0 Å². The van der Waals surface area contributed by atoms with Gasteiger partial charge in [0, 0.05) is 11.1 Å². The summed E-state index contributed by atoms with van der Waals surface area (Å²) < 4.78 is 0. The zero-order valence-electron chi connectivity index (χ0n) is 22.4. The lowest BCUT2D eigenvalue weighted by atomic mass is 9.84. The van der Waals surface area contributed by atoms with Gasteiger partial charge in [-0.2, -0.15) is 0 Å². The van der Waals surface area contributed by atoms with Crippen molar-refractivity contribution < 1.29 is 0 Å². The van der Waals surface area contributed by atoms with Gasteiger partial charge in [0.1, 0.15) is 6.17 Å². The molecule has 0 amide bonds. The van der Waals surface area contributed by atoms with Gasteiger partial charge in [-0.3, -0.25) is 0 Å². The van der Waals surface area contributed by atoms with Crippen molar-refractivity contribution in [2.45, 2.75) is 6.17 Å². The molecular weight excluding hydrogens is 496 g/mol. The molecule has 2 aliphatic rings. The second-order valence-electron chi connectivity index (χ2n) is 11.0. The number of para-hydroxylation sites is 3. The molecular formula is C39H26N2. The van der Waals surface area contributed by atoms with Gasteiger partial charge in [-0.05, 0) is 79.7 Å². The van der Waals surface area contributed by atoms with Crippen LogP contribution >= 0.6 is 0 Å². The van der Waals surface area contributed by atoms with Crippen molar-refractivity contribution in [3.05, 3.63) is 151 Å². The van der Waals surface area contributed by atoms with Crippen molar-refractivity contribution in [3.63, 3.8) is 0 Å². The van der Waals surface area contributed by atoms with Crippen molar-refractivity contribution in [1.82, 2.24) is 0 Å². The number of hydrogen-bond acceptors (Lipinski definition) is 2. The second-order valence-corrected chi connectivity index (χ2v) is 11.0. The summed E-state index contributed by atoms with van der Waals surface area (Å²) in [6.07, 6.45) is 0.0477. The predicted molar refractivity (Wildman–Crippen MR) is 173 cm³/mol. The lowest BCUT2D eigenvalue weighted by Crippen LogP contribution is -2.28. The van der Waals surface area contributed by atoms with Crippen LogP contribution in [0.5, 0.6) is 0 Å². The van der Waals surface area contributed by atoms with E-state index in [1.807, 2.05) is 0 Å². The minimum atomic E-state index is 0.0477. The summed E-state index contributed by atoms with van der Waals surface area (Å²) in [7, 11) is 0. The van der Waals surface area contributed by atoms with Crippen LogP contribution in [0.3, 0.4) is 0 Å². The number of nitrogens with zero attached hydrogens (tertiary/aromatic N) is 1. The number of rotatable bonds is 2. The molecule has 0 bridgehead atoms. The molecule has 0 spiro atoms. The molecule has 2 heteroatoms. The summed E-state index contributed by atoms with van der Waals surface area (Å²) in [6, 6.07) is 53.1. The smallest absolute Gasteiger partial charge is 0.131 e. The maximum Gasteiger partial charge on any atom is 0.131 e. The van der Waals surface area contributed by atoms with E-state index in [0.717, 1.165) is 0 Å². The first-order valence-corrected chi connectivity index (χ1v) is 14.2. The Balaban J connectivity index is 1.22. The molecule has 7 aromatic rings. The second kappa shape index (κ2) is 8.58. The topological polar surface area (TPSA) is 15.3 Å². The maximum atomic E-state index is 3.85. The summed E-state index contributed by atoms with van der Waals surface area (Å²) in [5.74, 6) is 0. The van der Waals surface area contributed by atoms with E-state index in [4.69, 9.17) is 0 Å². The Hall–Kier alpha value is -5.34. The highest BCUT2D eigenvalue weighted by Crippen LogP contribution is 2.56. The summed E-state index contributed by atoms with van der Waals surface area (Å²) >= 11 is 0. The molecule has 1 N–H and O–H groups in total. The van der Waals surface area contributed by atoms with Crippen LogP contribution in [-0.4, -0.2) is 0 Å². The van der Waals surface area contributed by atoms with Crippen LogP contribution in [0.4, 0.5) is 17.1 Å². The zero-order valence-corrected chi connectivity index (χ0v) is 22.4. The van der Waals surface area contributed by atoms with Gasteiger partial charge in [0.2, 0.25) is 0 Å². The number of anilines is 3. The largest absolute Gasteiger partial charge is 0.359 e. The van der Waals surface area contributed by atoms with E-state index < -0.39 is 0 Å². The lowest BCUT2D eigenvalue weighted by molar-refractivity contribution is 0.827. The Labute approximate surface area is 239 Å². The van der Waals surface area contributed by atoms with Gasteiger partial charge in [-0.25, -0.2) is 0 Å². The van der Waals surface area contributed by atoms with Gasteiger partial charge < -0.3 is 10.2 Å². The minimum Gasteiger partial charge on any atom is -0.359 e. The van der Waals surface area contributed by atoms with Gasteiger partial charge in [0.25, 0.3) is 0 Å². The molecule has 2 nitrogen and oxygen atoms in total. The molecule has 0 fully saturated rings. The quantitative estimate of drug-likeness (QED) is 0.243. The number of benzene rings is 7. The molecule has 1 unspecified atom stereocenters. The highest BCUT2D eigenvalue weighted by Gasteiger charge is 2.38. The maximum absolute atomic E-state index is 3.85. The fourth-order valence-electron chi connectivity index (χ4n) is 6.90. The van der Waals surface area contributed by atoms with Crippen molar-refractivity contribution >= 4 is 38.6 Å². The molecule has 0 aromatic heterocycles. The SMILES string of the molecule is c1ccc2c(c1)NC1c3c(cc(-c4ccc(-c5ccc6ccccc6c5)cc4)c4ccccc34)-c3ccccc3N21. The van der Waals surface area contributed by atoms with E-state index in [2.05, 4.69) is 156 Å². The van der Waals surface area contributed by atoms with Crippen molar-refractivity contribution in [3.8, 4) is 33.4 Å². The van der Waals surface area contributed by atoms with Crippen LogP contribution in [0.15, 0.2) is 146 Å². The van der Waals surface area contributed by atoms with Crippen LogP contribution < -0.4 is 10.2 Å². The van der Waals surface area contributed by atoms with Gasteiger partial charge in [-0.15, -0.1) is 0 Å². The van der Waals surface area contributed by atoms with Crippen LogP contribution in [-0.2, 0) is 0 Å². The molecule has 2 heterocycles. The number of hydrogen-bond donors (Lipinski definition) is 1. The van der Waals surface area contributed by atoms with E-state index in [1.54, 1.807) is 0 Å². The summed E-state index contributed by atoms with van der Waals surface area (Å²) in [6.45, 7) is 0. The molecule has 192 valence electrons. The molecule has 0 saturated carbocycles. The van der Waals surface area contributed by atoms with E-state index in [9.17, 15) is 0 Å². The lowest BCUT2D eigenvalue weighted by Gasteiger charge is -2.36. The fourth-order valence-corrected chi connectivity index (χ4v) is 6.90. The molecule has 41 heavy (non-hydrogen) atoms. The highest BCUT2D eigenvalue weighted by molar-refractivity contribution is 6.07. The van der Waals surface area contributed by atoms with Crippen LogP contribution in [0, 0.1) is 0 Å². The third kappa shape index (κ3) is 3.31. The van der Waals surface area contributed by atoms with Crippen LogP contribution in [0.2, 0.25) is 0 Å². The molecule has 1 atom stereocenters. The van der Waals surface area contributed by atoms with Crippen molar-refractivity contribution in [1.29, 1.82) is 0 Å². The Morgan fingerprint density at radius 1 is 0.439 bits per heavy atom. The van der Waals surface area contributed by atoms with Gasteiger partial charge >= 0.3 is 0 Å². The normalized spacial score (nSPS) is 14.7. The van der Waals surface area contributed by atoms with Gasteiger partial charge in [-0.1, -0.05) is 115 Å². The standard InChI is InChI=1S/C39H26N2/c1-2-10-28-23-29(22-19-25(28)9-1)26-17-20-27(21-18-26)33-24-34-31-12-5-7-15-36(31)41-37-16-8-6-14-35(37)40-39(41)38(34)32-13-4-3-11-30(32)33/h1-24,39-40H. The average Bonchev–Trinajstić information content (AvgIpc) is 3.44. The molecule has 9 rings (SSSR count). The first-order chi connectivity index (χ1) is 20.3. The van der Waals surface area contributed by atoms with Crippen LogP contribution in [0.25, 0.3) is 54.9 Å². The molecule has 0 saturated heterocycles. The third-order valence-corrected chi connectivity index (χ3v) is 8.81.